The molecule has 2 heterocycles. The predicted molar refractivity (Wildman–Crippen MR) is 139 cm³/mol. The zero-order valence-electron chi connectivity index (χ0n) is 22.0. The van der Waals surface area contributed by atoms with Crippen molar-refractivity contribution >= 4 is 40.8 Å². The summed E-state index contributed by atoms with van der Waals surface area (Å²) in [4.78, 5) is 50.2. The number of H-pyrrole nitrogens is 1. The number of ketones is 1. The summed E-state index contributed by atoms with van der Waals surface area (Å²) in [5.74, 6) is -1.67. The van der Waals surface area contributed by atoms with Gasteiger partial charge in [-0.3, -0.25) is 19.2 Å². The summed E-state index contributed by atoms with van der Waals surface area (Å²) in [5, 5.41) is 5.84. The summed E-state index contributed by atoms with van der Waals surface area (Å²) in [5.41, 5.74) is 4.27. The van der Waals surface area contributed by atoms with Crippen molar-refractivity contribution < 1.29 is 23.6 Å². The monoisotopic (exact) mass is 498 g/mol. The molecular weight excluding hydrogens is 463 g/mol. The number of nitrogens with zero attached hydrogens (tertiary/aromatic N) is 1. The molecule has 0 saturated carbocycles. The fourth-order valence-corrected chi connectivity index (χ4v) is 4.01. The Hall–Kier alpha value is -3.75. The lowest BCUT2D eigenvalue weighted by molar-refractivity contribution is -0.141. The highest BCUT2D eigenvalue weighted by Crippen LogP contribution is 2.34. The van der Waals surface area contributed by atoms with Crippen LogP contribution in [0.25, 0.3) is 11.6 Å². The van der Waals surface area contributed by atoms with Crippen LogP contribution in [0.5, 0.6) is 0 Å². The van der Waals surface area contributed by atoms with Gasteiger partial charge in [0.15, 0.2) is 0 Å². The Kier molecular flexibility index (Phi) is 9.72. The van der Waals surface area contributed by atoms with Gasteiger partial charge in [-0.1, -0.05) is 20.3 Å². The standard InChI is InChI=1S/C22H26FN3O2.C5H9NO2/c1-5-7-15(6-2)25-22(28)20-12(3)19(24-13(20)4)11-17-16-10-14(23)8-9-18(16)26-21(17)27;1-4(7)5(8)6(2)3/h8-11,15,24H,5-7H2,1-4H3,(H,25,28)(H,26,27);1-3H3/b17-11-;. The van der Waals surface area contributed by atoms with Crippen LogP contribution in [0.3, 0.4) is 0 Å². The van der Waals surface area contributed by atoms with Crippen LogP contribution >= 0.6 is 0 Å². The minimum Gasteiger partial charge on any atom is -0.358 e. The fraction of sp³-hybridized carbons (Fsp3) is 0.407. The summed E-state index contributed by atoms with van der Waals surface area (Å²) >= 11 is 0. The molecule has 0 fully saturated rings. The Labute approximate surface area is 211 Å². The molecule has 3 rings (SSSR count). The Morgan fingerprint density at radius 3 is 2.36 bits per heavy atom. The molecular formula is C27H35FN4O4. The second-order valence-corrected chi connectivity index (χ2v) is 8.99. The molecule has 1 aromatic heterocycles. The number of benzene rings is 1. The maximum Gasteiger partial charge on any atom is 0.289 e. The Morgan fingerprint density at radius 1 is 1.17 bits per heavy atom. The molecule has 0 bridgehead atoms. The number of Topliss-reactive ketones (excluding diaryl/α,β-unsaturated/α-hetero) is 1. The zero-order chi connectivity index (χ0) is 27.2. The van der Waals surface area contributed by atoms with E-state index < -0.39 is 17.5 Å². The summed E-state index contributed by atoms with van der Waals surface area (Å²) in [7, 11) is 3.09. The Balaban J connectivity index is 0.000000493. The number of hydrogen-bond donors (Lipinski definition) is 3. The third-order valence-corrected chi connectivity index (χ3v) is 5.93. The number of fused-ring (bicyclic) bond motifs is 1. The maximum atomic E-state index is 13.6. The molecule has 8 nitrogen and oxygen atoms in total. The van der Waals surface area contributed by atoms with E-state index in [1.807, 2.05) is 13.8 Å². The van der Waals surface area contributed by atoms with Gasteiger partial charge >= 0.3 is 0 Å². The van der Waals surface area contributed by atoms with Crippen LogP contribution in [0.15, 0.2) is 18.2 Å². The number of halogens is 1. The lowest BCUT2D eigenvalue weighted by Gasteiger charge is -2.16. The highest BCUT2D eigenvalue weighted by molar-refractivity contribution is 6.35. The van der Waals surface area contributed by atoms with Crippen LogP contribution in [0.4, 0.5) is 10.1 Å². The van der Waals surface area contributed by atoms with E-state index >= 15 is 0 Å². The molecule has 1 unspecified atom stereocenters. The van der Waals surface area contributed by atoms with E-state index in [9.17, 15) is 23.6 Å². The van der Waals surface area contributed by atoms with E-state index in [-0.39, 0.29) is 17.9 Å². The van der Waals surface area contributed by atoms with Crippen LogP contribution in [-0.4, -0.2) is 53.5 Å². The van der Waals surface area contributed by atoms with Gasteiger partial charge in [0, 0.05) is 49.7 Å². The zero-order valence-corrected chi connectivity index (χ0v) is 22.0. The van der Waals surface area contributed by atoms with Crippen molar-refractivity contribution in [3.8, 4) is 0 Å². The van der Waals surface area contributed by atoms with E-state index in [0.717, 1.165) is 30.5 Å². The van der Waals surface area contributed by atoms with Gasteiger partial charge in [0.05, 0.1) is 11.1 Å². The number of likely N-dealkylation sites (N-methyl/N-ethyl adjacent to an activating group) is 1. The molecule has 0 aliphatic carbocycles. The van der Waals surface area contributed by atoms with Crippen molar-refractivity contribution in [2.75, 3.05) is 19.4 Å². The molecule has 2 aromatic rings. The average Bonchev–Trinajstić information content (AvgIpc) is 3.27. The fourth-order valence-electron chi connectivity index (χ4n) is 4.01. The smallest absolute Gasteiger partial charge is 0.289 e. The highest BCUT2D eigenvalue weighted by Gasteiger charge is 2.26. The number of carbonyl (C=O) groups excluding carboxylic acids is 4. The first-order valence-electron chi connectivity index (χ1n) is 12.0. The van der Waals surface area contributed by atoms with Gasteiger partial charge in [-0.2, -0.15) is 0 Å². The first-order chi connectivity index (χ1) is 16.9. The SMILES string of the molecule is CC(=O)C(=O)N(C)C.CCCC(CC)NC(=O)c1c(C)[nH]c(/C=C2\C(=O)Nc3ccc(F)cc32)c1C. The van der Waals surface area contributed by atoms with Gasteiger partial charge < -0.3 is 20.5 Å². The molecule has 0 radical (unpaired) electrons. The number of hydrogen-bond acceptors (Lipinski definition) is 4. The van der Waals surface area contributed by atoms with E-state index in [1.165, 1.54) is 24.0 Å². The number of rotatable bonds is 7. The van der Waals surface area contributed by atoms with Crippen LogP contribution in [-0.2, 0) is 14.4 Å². The quantitative estimate of drug-likeness (QED) is 0.392. The summed E-state index contributed by atoms with van der Waals surface area (Å²) in [6.07, 6.45) is 4.50. The normalized spacial score (nSPS) is 13.9. The number of aryl methyl sites for hydroxylation is 1. The van der Waals surface area contributed by atoms with Crippen molar-refractivity contribution in [1.29, 1.82) is 0 Å². The van der Waals surface area contributed by atoms with Gasteiger partial charge in [-0.05, 0) is 56.5 Å². The van der Waals surface area contributed by atoms with Crippen molar-refractivity contribution in [3.05, 3.63) is 52.1 Å². The number of carbonyl (C=O) groups is 4. The lowest BCUT2D eigenvalue weighted by Crippen LogP contribution is -2.34. The largest absolute Gasteiger partial charge is 0.358 e. The maximum absolute atomic E-state index is 13.6. The van der Waals surface area contributed by atoms with Gasteiger partial charge in [0.2, 0.25) is 5.78 Å². The third-order valence-electron chi connectivity index (χ3n) is 5.93. The summed E-state index contributed by atoms with van der Waals surface area (Å²) in [6.45, 7) is 9.10. The van der Waals surface area contributed by atoms with E-state index in [1.54, 1.807) is 26.2 Å². The number of amides is 3. The van der Waals surface area contributed by atoms with Gasteiger partial charge in [0.25, 0.3) is 17.7 Å². The second kappa shape index (κ2) is 12.3. The number of aromatic nitrogens is 1. The van der Waals surface area contributed by atoms with Gasteiger partial charge in [-0.15, -0.1) is 0 Å². The lowest BCUT2D eigenvalue weighted by atomic mass is 10.0. The summed E-state index contributed by atoms with van der Waals surface area (Å²) in [6, 6.07) is 4.35. The molecule has 9 heteroatoms. The van der Waals surface area contributed by atoms with Crippen molar-refractivity contribution in [2.24, 2.45) is 0 Å². The van der Waals surface area contributed by atoms with E-state index in [4.69, 9.17) is 0 Å². The van der Waals surface area contributed by atoms with Crippen LogP contribution in [0, 0.1) is 19.7 Å². The third kappa shape index (κ3) is 6.68. The van der Waals surface area contributed by atoms with E-state index in [0.29, 0.717) is 28.1 Å². The topological polar surface area (TPSA) is 111 Å². The highest BCUT2D eigenvalue weighted by atomic mass is 19.1. The second-order valence-electron chi connectivity index (χ2n) is 8.99. The molecule has 1 atom stereocenters. The molecule has 3 N–H and O–H groups in total. The molecule has 194 valence electrons. The van der Waals surface area contributed by atoms with Crippen LogP contribution in [0.2, 0.25) is 0 Å². The number of anilines is 1. The molecule has 0 saturated heterocycles. The Morgan fingerprint density at radius 2 is 1.83 bits per heavy atom. The number of aromatic amines is 1. The first kappa shape index (κ1) is 28.5. The average molecular weight is 499 g/mol. The predicted octanol–water partition coefficient (Wildman–Crippen LogP) is 4.24. The minimum atomic E-state index is -0.454. The van der Waals surface area contributed by atoms with Crippen LogP contribution < -0.4 is 10.6 Å². The minimum absolute atomic E-state index is 0.112. The van der Waals surface area contributed by atoms with E-state index in [2.05, 4.69) is 29.5 Å². The molecule has 36 heavy (non-hydrogen) atoms. The Bertz CT molecular complexity index is 1200. The first-order valence-corrected chi connectivity index (χ1v) is 12.0. The van der Waals surface area contributed by atoms with Gasteiger partial charge in [-0.25, -0.2) is 4.39 Å². The molecule has 3 amide bonds. The summed E-state index contributed by atoms with van der Waals surface area (Å²) < 4.78 is 13.6. The van der Waals surface area contributed by atoms with Gasteiger partial charge in [0.1, 0.15) is 5.82 Å². The number of nitrogens with one attached hydrogen (secondary N) is 3. The molecule has 1 aliphatic rings. The van der Waals surface area contributed by atoms with Crippen LogP contribution in [0.1, 0.15) is 72.9 Å². The molecule has 1 aliphatic heterocycles. The molecule has 0 spiro atoms. The molecule has 1 aromatic carbocycles. The van der Waals surface area contributed by atoms with Crippen molar-refractivity contribution in [2.45, 2.75) is 59.9 Å². The van der Waals surface area contributed by atoms with Crippen molar-refractivity contribution in [3.63, 3.8) is 0 Å². The van der Waals surface area contributed by atoms with Crippen molar-refractivity contribution in [1.82, 2.24) is 15.2 Å².